The highest BCUT2D eigenvalue weighted by Crippen LogP contribution is 2.45. The minimum absolute atomic E-state index is 0.165. The van der Waals surface area contributed by atoms with Crippen LogP contribution < -0.4 is 5.32 Å². The molecule has 1 aliphatic rings. The maximum atomic E-state index is 6.68. The molecule has 0 radical (unpaired) electrons. The van der Waals surface area contributed by atoms with E-state index in [1.807, 2.05) is 30.3 Å². The maximum Gasteiger partial charge on any atom is 0.227 e. The van der Waals surface area contributed by atoms with Gasteiger partial charge in [-0.05, 0) is 60.7 Å². The molecule has 4 aromatic heterocycles. The molecule has 0 bridgehead atoms. The van der Waals surface area contributed by atoms with Gasteiger partial charge in [0, 0.05) is 43.6 Å². The smallest absolute Gasteiger partial charge is 0.227 e. The third-order valence-electron chi connectivity index (χ3n) is 10.7. The minimum Gasteiger partial charge on any atom is -0.435 e. The Balaban J connectivity index is 1.11. The molecule has 1 aliphatic heterocycles. The van der Waals surface area contributed by atoms with E-state index in [2.05, 4.69) is 136 Å². The number of amidine groups is 1. The lowest BCUT2D eigenvalue weighted by molar-refractivity contribution is 0.578. The summed E-state index contributed by atoms with van der Waals surface area (Å²) in [4.78, 5) is 10.3. The fraction of sp³-hybridized carbons (Fsp3) is 0.0222. The molecule has 5 heterocycles. The van der Waals surface area contributed by atoms with Crippen LogP contribution in [-0.2, 0) is 0 Å². The highest BCUT2D eigenvalue weighted by atomic mass is 16.3. The third kappa shape index (κ3) is 3.60. The van der Waals surface area contributed by atoms with E-state index in [9.17, 15) is 0 Å². The Hall–Kier alpha value is -6.92. The van der Waals surface area contributed by atoms with E-state index in [-0.39, 0.29) is 6.17 Å². The summed E-state index contributed by atoms with van der Waals surface area (Å²) in [6.45, 7) is 0. The Morgan fingerprint density at radius 1 is 0.549 bits per heavy atom. The molecule has 6 nitrogen and oxygen atoms in total. The van der Waals surface area contributed by atoms with Gasteiger partial charge in [0.2, 0.25) is 5.89 Å². The van der Waals surface area contributed by atoms with E-state index in [0.717, 1.165) is 61.1 Å². The van der Waals surface area contributed by atoms with Crippen LogP contribution in [0.1, 0.15) is 17.3 Å². The van der Waals surface area contributed by atoms with Crippen molar-refractivity contribution in [1.29, 1.82) is 0 Å². The molecule has 1 atom stereocenters. The lowest BCUT2D eigenvalue weighted by Gasteiger charge is -2.30. The number of benzene rings is 7. The van der Waals surface area contributed by atoms with Crippen LogP contribution in [0.3, 0.4) is 0 Å². The van der Waals surface area contributed by atoms with Gasteiger partial charge in [0.1, 0.15) is 17.5 Å². The highest BCUT2D eigenvalue weighted by molar-refractivity contribution is 6.30. The second kappa shape index (κ2) is 9.83. The van der Waals surface area contributed by atoms with Gasteiger partial charge >= 0.3 is 0 Å². The lowest BCUT2D eigenvalue weighted by atomic mass is 10.0. The molecular weight excluding hydrogens is 627 g/mol. The Bertz CT molecular complexity index is 3180. The standard InChI is InChI=1S/C45H27N5O/c1-2-12-26(13-3-1)45-47-35-25-32-30-16-7-9-19-36(30)49-39-23-22-27(24-33(39)40(41(32)49)42(35)51-45)43-46-34-18-8-4-17-31(34)44(48-43)50-37-20-10-5-14-28(37)29-15-6-11-21-38(29)50/h1-25,44H,(H,46,48). The number of aliphatic imine (C=N–C) groups is 1. The number of nitrogens with zero attached hydrogens (tertiary/aromatic N) is 4. The maximum absolute atomic E-state index is 6.68. The van der Waals surface area contributed by atoms with Crippen LogP contribution in [0.15, 0.2) is 161 Å². The monoisotopic (exact) mass is 653 g/mol. The lowest BCUT2D eigenvalue weighted by Crippen LogP contribution is -2.36. The minimum atomic E-state index is -0.165. The van der Waals surface area contributed by atoms with Crippen molar-refractivity contribution < 1.29 is 4.42 Å². The van der Waals surface area contributed by atoms with Crippen LogP contribution in [0.25, 0.3) is 82.5 Å². The molecule has 11 aromatic rings. The van der Waals surface area contributed by atoms with Crippen molar-refractivity contribution in [3.8, 4) is 11.5 Å². The number of hydrogen-bond acceptors (Lipinski definition) is 4. The first-order valence-corrected chi connectivity index (χ1v) is 17.3. The molecule has 6 heteroatoms. The van der Waals surface area contributed by atoms with Gasteiger partial charge in [0.25, 0.3) is 0 Å². The summed E-state index contributed by atoms with van der Waals surface area (Å²) in [7, 11) is 0. The molecule has 0 aliphatic carbocycles. The van der Waals surface area contributed by atoms with Crippen LogP contribution >= 0.6 is 0 Å². The first-order chi connectivity index (χ1) is 25.3. The summed E-state index contributed by atoms with van der Waals surface area (Å²) in [5.41, 5.74) is 11.5. The number of oxazole rings is 1. The summed E-state index contributed by atoms with van der Waals surface area (Å²) in [6.07, 6.45) is -0.165. The first-order valence-electron chi connectivity index (χ1n) is 17.3. The second-order valence-electron chi connectivity index (χ2n) is 13.4. The Morgan fingerprint density at radius 2 is 1.20 bits per heavy atom. The summed E-state index contributed by atoms with van der Waals surface area (Å²) in [5, 5.41) is 10.9. The van der Waals surface area contributed by atoms with Gasteiger partial charge in [-0.15, -0.1) is 0 Å². The van der Waals surface area contributed by atoms with Crippen molar-refractivity contribution >= 4 is 82.5 Å². The van der Waals surface area contributed by atoms with Gasteiger partial charge in [-0.1, -0.05) is 91.0 Å². The highest BCUT2D eigenvalue weighted by Gasteiger charge is 2.28. The van der Waals surface area contributed by atoms with Crippen LogP contribution in [-0.4, -0.2) is 19.8 Å². The van der Waals surface area contributed by atoms with Crippen LogP contribution in [0, 0.1) is 0 Å². The molecule has 1 N–H and O–H groups in total. The van der Waals surface area contributed by atoms with Gasteiger partial charge in [0.15, 0.2) is 5.58 Å². The van der Waals surface area contributed by atoms with Gasteiger partial charge in [-0.2, -0.15) is 0 Å². The number of hydrogen-bond donors (Lipinski definition) is 1. The zero-order valence-corrected chi connectivity index (χ0v) is 27.2. The van der Waals surface area contributed by atoms with Crippen molar-refractivity contribution in [2.45, 2.75) is 6.17 Å². The zero-order chi connectivity index (χ0) is 33.2. The van der Waals surface area contributed by atoms with E-state index < -0.39 is 0 Å². The molecule has 0 saturated heterocycles. The van der Waals surface area contributed by atoms with Crippen molar-refractivity contribution in [1.82, 2.24) is 19.3 Å². The van der Waals surface area contributed by atoms with Crippen molar-refractivity contribution in [2.75, 3.05) is 0 Å². The summed E-state index contributed by atoms with van der Waals surface area (Å²) in [6, 6.07) is 53.5. The molecule has 0 spiro atoms. The van der Waals surface area contributed by atoms with Gasteiger partial charge in [0.05, 0.1) is 38.7 Å². The number of fused-ring (bicyclic) bond motifs is 12. The topological polar surface area (TPSA) is 59.8 Å². The molecule has 7 aromatic carbocycles. The fourth-order valence-electron chi connectivity index (χ4n) is 8.56. The predicted octanol–water partition coefficient (Wildman–Crippen LogP) is 11.0. The zero-order valence-electron chi connectivity index (χ0n) is 27.2. The first kappa shape index (κ1) is 27.0. The summed E-state index contributed by atoms with van der Waals surface area (Å²) < 4.78 is 11.5. The van der Waals surface area contributed by atoms with Gasteiger partial charge in [-0.3, -0.25) is 0 Å². The van der Waals surface area contributed by atoms with Crippen LogP contribution in [0.2, 0.25) is 0 Å². The molecule has 0 saturated carbocycles. The fourth-order valence-corrected chi connectivity index (χ4v) is 8.56. The van der Waals surface area contributed by atoms with E-state index in [4.69, 9.17) is 14.4 Å². The molecule has 0 fully saturated rings. The van der Waals surface area contributed by atoms with Crippen LogP contribution in [0.5, 0.6) is 0 Å². The molecular formula is C45H27N5O. The van der Waals surface area contributed by atoms with Crippen molar-refractivity contribution in [3.63, 3.8) is 0 Å². The number of para-hydroxylation sites is 4. The Morgan fingerprint density at radius 3 is 1.98 bits per heavy atom. The molecule has 238 valence electrons. The van der Waals surface area contributed by atoms with Crippen molar-refractivity contribution in [3.05, 3.63) is 163 Å². The van der Waals surface area contributed by atoms with Crippen molar-refractivity contribution in [2.24, 2.45) is 4.99 Å². The molecule has 12 rings (SSSR count). The number of rotatable bonds is 3. The number of nitrogens with one attached hydrogen (secondary N) is 1. The predicted molar refractivity (Wildman–Crippen MR) is 207 cm³/mol. The summed E-state index contributed by atoms with van der Waals surface area (Å²) >= 11 is 0. The average molecular weight is 654 g/mol. The number of aromatic nitrogens is 3. The van der Waals surface area contributed by atoms with E-state index in [1.54, 1.807) is 0 Å². The van der Waals surface area contributed by atoms with Gasteiger partial charge < -0.3 is 18.7 Å². The van der Waals surface area contributed by atoms with Gasteiger partial charge in [-0.25, -0.2) is 9.98 Å². The molecule has 0 amide bonds. The second-order valence-corrected chi connectivity index (χ2v) is 13.4. The van der Waals surface area contributed by atoms with E-state index in [1.165, 1.54) is 38.1 Å². The van der Waals surface area contributed by atoms with Crippen LogP contribution in [0.4, 0.5) is 5.69 Å². The SMILES string of the molecule is c1ccc(-c2nc3cc4c5ccccc5n5c6ccc(C7=Nc8ccccc8C(n8c9ccccc9c9ccccc98)N7)cc6c(c3o2)c45)cc1. The third-order valence-corrected chi connectivity index (χ3v) is 10.7. The van der Waals surface area contributed by atoms with E-state index >= 15 is 0 Å². The largest absolute Gasteiger partial charge is 0.435 e. The van der Waals surface area contributed by atoms with E-state index in [0.29, 0.717) is 5.89 Å². The summed E-state index contributed by atoms with van der Waals surface area (Å²) in [5.74, 6) is 1.45. The molecule has 51 heavy (non-hydrogen) atoms. The Kier molecular flexibility index (Phi) is 5.20. The quantitative estimate of drug-likeness (QED) is 0.206. The normalized spacial score (nSPS) is 14.7. The average Bonchev–Trinajstić information content (AvgIpc) is 3.94. The Labute approximate surface area is 290 Å². The molecule has 1 unspecified atom stereocenters.